The van der Waals surface area contributed by atoms with Crippen LogP contribution in [-0.2, 0) is 4.79 Å². The number of likely N-dealkylation sites (N-methyl/N-ethyl adjacent to an activating group) is 1. The van der Waals surface area contributed by atoms with Crippen LogP contribution >= 0.6 is 0 Å². The quantitative estimate of drug-likeness (QED) is 0.643. The molecule has 4 rings (SSSR count). The lowest BCUT2D eigenvalue weighted by Gasteiger charge is -2.45. The van der Waals surface area contributed by atoms with E-state index in [-0.39, 0.29) is 22.7 Å². The molecular weight excluding hydrogens is 390 g/mol. The van der Waals surface area contributed by atoms with Crippen LogP contribution in [0.2, 0.25) is 0 Å². The van der Waals surface area contributed by atoms with E-state index in [1.807, 2.05) is 18.2 Å². The molecule has 2 aromatic rings. The van der Waals surface area contributed by atoms with E-state index in [9.17, 15) is 9.90 Å². The molecule has 0 saturated carbocycles. The van der Waals surface area contributed by atoms with Gasteiger partial charge >= 0.3 is 0 Å². The van der Waals surface area contributed by atoms with Crippen LogP contribution in [0.5, 0.6) is 5.75 Å². The first kappa shape index (κ1) is 21.3. The van der Waals surface area contributed by atoms with Crippen LogP contribution < -0.4 is 15.5 Å². The Morgan fingerprint density at radius 3 is 2.48 bits per heavy atom. The average molecular weight is 422 g/mol. The first-order valence-corrected chi connectivity index (χ1v) is 10.8. The molecule has 7 heteroatoms. The van der Waals surface area contributed by atoms with Gasteiger partial charge in [0.25, 0.3) is 0 Å². The number of phenols is 1. The third kappa shape index (κ3) is 4.42. The van der Waals surface area contributed by atoms with Gasteiger partial charge < -0.3 is 20.6 Å². The molecule has 2 bridgehead atoms. The Bertz CT molecular complexity index is 988. The fraction of sp³-hybridized carbons (Fsp3) is 0.458. The summed E-state index contributed by atoms with van der Waals surface area (Å²) in [5.41, 5.74) is 2.34. The maximum absolute atomic E-state index is 11.3. The van der Waals surface area contributed by atoms with Crippen LogP contribution in [0.25, 0.3) is 17.3 Å². The third-order valence-corrected chi connectivity index (χ3v) is 6.74. The standard InChI is InChI=1S/C24H31N5O2/c1-23-11-12-24(2,28-23)15-17(14-23)29(4)21-9-8-19(26-27-21)18-7-5-16(13-20(18)30)6-10-22(31)25-3/h5-10,13,17,28,30H,11-12,14-15H2,1-4H3,(H,25,31)/b10-6+/t17-,23-,24+. The Balaban J connectivity index is 1.49. The largest absolute Gasteiger partial charge is 0.507 e. The molecule has 31 heavy (non-hydrogen) atoms. The zero-order valence-corrected chi connectivity index (χ0v) is 18.6. The minimum absolute atomic E-state index is 0.102. The molecule has 2 aliphatic heterocycles. The third-order valence-electron chi connectivity index (χ3n) is 6.74. The molecule has 2 aliphatic rings. The molecule has 0 radical (unpaired) electrons. The van der Waals surface area contributed by atoms with Crippen LogP contribution in [0.15, 0.2) is 36.4 Å². The van der Waals surface area contributed by atoms with Crippen LogP contribution in [0.3, 0.4) is 0 Å². The molecule has 164 valence electrons. The molecule has 3 N–H and O–H groups in total. The second kappa shape index (κ2) is 7.96. The Morgan fingerprint density at radius 1 is 1.19 bits per heavy atom. The molecule has 0 aliphatic carbocycles. The molecule has 3 atom stereocenters. The summed E-state index contributed by atoms with van der Waals surface area (Å²) in [6.07, 6.45) is 7.69. The van der Waals surface area contributed by atoms with E-state index in [2.05, 4.69) is 46.6 Å². The Labute approximate surface area is 183 Å². The highest BCUT2D eigenvalue weighted by Gasteiger charge is 2.49. The number of hydrogen-bond donors (Lipinski definition) is 3. The Morgan fingerprint density at radius 2 is 1.90 bits per heavy atom. The average Bonchev–Trinajstić information content (AvgIpc) is 2.98. The van der Waals surface area contributed by atoms with Crippen molar-refractivity contribution in [3.8, 4) is 17.0 Å². The summed E-state index contributed by atoms with van der Waals surface area (Å²) < 4.78 is 0. The van der Waals surface area contributed by atoms with Crippen molar-refractivity contribution < 1.29 is 9.90 Å². The van der Waals surface area contributed by atoms with Crippen molar-refractivity contribution in [1.82, 2.24) is 20.8 Å². The van der Waals surface area contributed by atoms with Gasteiger partial charge in [-0.15, -0.1) is 10.2 Å². The number of anilines is 1. The summed E-state index contributed by atoms with van der Waals surface area (Å²) >= 11 is 0. The van der Waals surface area contributed by atoms with Crippen LogP contribution in [-0.4, -0.2) is 52.4 Å². The Hall–Kier alpha value is -2.93. The van der Waals surface area contributed by atoms with Crippen molar-refractivity contribution in [3.63, 3.8) is 0 Å². The number of carbonyl (C=O) groups excluding carboxylic acids is 1. The normalized spacial score (nSPS) is 27.4. The molecule has 2 fully saturated rings. The van der Waals surface area contributed by atoms with Crippen LogP contribution in [0.4, 0.5) is 5.82 Å². The van der Waals surface area contributed by atoms with Gasteiger partial charge in [0.05, 0.1) is 5.69 Å². The molecule has 7 nitrogen and oxygen atoms in total. The Kier molecular flexibility index (Phi) is 5.47. The molecular formula is C24H31N5O2. The first-order chi connectivity index (χ1) is 14.7. The van der Waals surface area contributed by atoms with E-state index < -0.39 is 0 Å². The van der Waals surface area contributed by atoms with Gasteiger partial charge in [0.2, 0.25) is 5.91 Å². The zero-order chi connectivity index (χ0) is 22.2. The maximum Gasteiger partial charge on any atom is 0.243 e. The highest BCUT2D eigenvalue weighted by atomic mass is 16.3. The smallest absolute Gasteiger partial charge is 0.243 e. The van der Waals surface area contributed by atoms with E-state index in [4.69, 9.17) is 0 Å². The predicted molar refractivity (Wildman–Crippen MR) is 123 cm³/mol. The van der Waals surface area contributed by atoms with Crippen LogP contribution in [0, 0.1) is 0 Å². The maximum atomic E-state index is 11.3. The van der Waals surface area contributed by atoms with Crippen molar-refractivity contribution in [1.29, 1.82) is 0 Å². The number of rotatable bonds is 5. The number of phenolic OH excluding ortho intramolecular Hbond substituents is 1. The number of benzene rings is 1. The fourth-order valence-corrected chi connectivity index (χ4v) is 5.07. The van der Waals surface area contributed by atoms with Crippen molar-refractivity contribution in [2.45, 2.75) is 56.7 Å². The lowest BCUT2D eigenvalue weighted by Crippen LogP contribution is -2.58. The second-order valence-electron chi connectivity index (χ2n) is 9.42. The second-order valence-corrected chi connectivity index (χ2v) is 9.42. The summed E-state index contributed by atoms with van der Waals surface area (Å²) in [5.74, 6) is 0.746. The lowest BCUT2D eigenvalue weighted by atomic mass is 9.84. The van der Waals surface area contributed by atoms with Gasteiger partial charge in [0.15, 0.2) is 5.82 Å². The van der Waals surface area contributed by atoms with Crippen LogP contribution in [0.1, 0.15) is 45.1 Å². The summed E-state index contributed by atoms with van der Waals surface area (Å²) in [4.78, 5) is 13.6. The molecule has 1 aromatic carbocycles. The van der Waals surface area contributed by atoms with E-state index in [1.54, 1.807) is 25.3 Å². The highest BCUT2D eigenvalue weighted by molar-refractivity contribution is 5.91. The van der Waals surface area contributed by atoms with Crippen molar-refractivity contribution in [2.24, 2.45) is 0 Å². The molecule has 3 heterocycles. The minimum Gasteiger partial charge on any atom is -0.507 e. The van der Waals surface area contributed by atoms with Gasteiger partial charge in [-0.25, -0.2) is 0 Å². The number of fused-ring (bicyclic) bond motifs is 2. The molecule has 2 saturated heterocycles. The SMILES string of the molecule is CNC(=O)/C=C/c1ccc(-c2ccc(N(C)[C@H]3C[C@]4(C)CC[C@](C)(C3)N4)nn2)c(O)c1. The van der Waals surface area contributed by atoms with E-state index in [1.165, 1.54) is 18.9 Å². The highest BCUT2D eigenvalue weighted by Crippen LogP contribution is 2.43. The molecule has 1 amide bonds. The van der Waals surface area contributed by atoms with Gasteiger partial charge in [-0.3, -0.25) is 4.79 Å². The lowest BCUT2D eigenvalue weighted by molar-refractivity contribution is -0.115. The number of carbonyl (C=O) groups is 1. The number of nitrogens with zero attached hydrogens (tertiary/aromatic N) is 3. The van der Waals surface area contributed by atoms with E-state index in [0.29, 0.717) is 17.3 Å². The monoisotopic (exact) mass is 421 g/mol. The number of aromatic nitrogens is 2. The molecule has 0 unspecified atom stereocenters. The molecule has 1 aromatic heterocycles. The predicted octanol–water partition coefficient (Wildman–Crippen LogP) is 3.11. The fourth-order valence-electron chi connectivity index (χ4n) is 5.07. The summed E-state index contributed by atoms with van der Waals surface area (Å²) in [6, 6.07) is 9.52. The summed E-state index contributed by atoms with van der Waals surface area (Å²) in [5, 5.41) is 25.6. The number of hydrogen-bond acceptors (Lipinski definition) is 6. The van der Waals surface area contributed by atoms with E-state index in [0.717, 1.165) is 24.2 Å². The van der Waals surface area contributed by atoms with Crippen molar-refractivity contribution in [2.75, 3.05) is 19.0 Å². The number of nitrogens with one attached hydrogen (secondary N) is 2. The summed E-state index contributed by atoms with van der Waals surface area (Å²) in [6.45, 7) is 4.65. The number of amides is 1. The van der Waals surface area contributed by atoms with Crippen molar-refractivity contribution in [3.05, 3.63) is 42.0 Å². The van der Waals surface area contributed by atoms with Gasteiger partial charge in [0, 0.05) is 42.9 Å². The van der Waals surface area contributed by atoms with Gasteiger partial charge in [0.1, 0.15) is 5.75 Å². The van der Waals surface area contributed by atoms with Crippen molar-refractivity contribution >= 4 is 17.8 Å². The van der Waals surface area contributed by atoms with Gasteiger partial charge in [-0.2, -0.15) is 0 Å². The van der Waals surface area contributed by atoms with Gasteiger partial charge in [-0.05, 0) is 75.4 Å². The molecule has 0 spiro atoms. The first-order valence-electron chi connectivity index (χ1n) is 10.8. The zero-order valence-electron chi connectivity index (χ0n) is 18.6. The number of piperidine rings is 1. The number of aromatic hydroxyl groups is 1. The minimum atomic E-state index is -0.195. The summed E-state index contributed by atoms with van der Waals surface area (Å²) in [7, 11) is 3.67. The van der Waals surface area contributed by atoms with E-state index >= 15 is 0 Å². The van der Waals surface area contributed by atoms with Gasteiger partial charge in [-0.1, -0.05) is 6.07 Å². The topological polar surface area (TPSA) is 90.4 Å².